The van der Waals surface area contributed by atoms with Gasteiger partial charge in [-0.25, -0.2) is 0 Å². The summed E-state index contributed by atoms with van der Waals surface area (Å²) in [6, 6.07) is 10.6. The summed E-state index contributed by atoms with van der Waals surface area (Å²) in [5, 5.41) is 4.10. The van der Waals surface area contributed by atoms with Gasteiger partial charge >= 0.3 is 0 Å². The molecule has 2 heterocycles. The van der Waals surface area contributed by atoms with E-state index in [9.17, 15) is 0 Å². The average molecular weight is 300 g/mol. The first-order valence-corrected chi connectivity index (χ1v) is 7.79. The molecule has 1 aromatic carbocycles. The number of benzene rings is 1. The van der Waals surface area contributed by atoms with E-state index in [2.05, 4.69) is 60.1 Å². The van der Waals surface area contributed by atoms with E-state index in [0.717, 1.165) is 18.9 Å². The summed E-state index contributed by atoms with van der Waals surface area (Å²) in [5.74, 6) is 1.80. The molecule has 1 aromatic heterocycles. The molecule has 2 N–H and O–H groups in total. The van der Waals surface area contributed by atoms with Gasteiger partial charge < -0.3 is 10.3 Å². The first kappa shape index (κ1) is 15.2. The molecule has 0 amide bonds. The van der Waals surface area contributed by atoms with Crippen LogP contribution in [0, 0.1) is 0 Å². The third-order valence-electron chi connectivity index (χ3n) is 4.14. The second-order valence-electron chi connectivity index (χ2n) is 7.14. The van der Waals surface area contributed by atoms with Crippen LogP contribution in [0.2, 0.25) is 0 Å². The van der Waals surface area contributed by atoms with Crippen LogP contribution >= 0.6 is 0 Å². The van der Waals surface area contributed by atoms with Gasteiger partial charge in [0.05, 0.1) is 6.54 Å². The Bertz CT molecular complexity index is 617. The van der Waals surface area contributed by atoms with E-state index in [1.165, 1.54) is 5.56 Å². The van der Waals surface area contributed by atoms with Crippen molar-refractivity contribution in [3.05, 3.63) is 47.6 Å². The van der Waals surface area contributed by atoms with Crippen LogP contribution in [-0.4, -0.2) is 34.2 Å². The highest BCUT2D eigenvalue weighted by Crippen LogP contribution is 2.27. The molecule has 1 fully saturated rings. The first-order chi connectivity index (χ1) is 10.4. The molecule has 1 aliphatic rings. The maximum Gasteiger partial charge on any atom is 0.232 e. The summed E-state index contributed by atoms with van der Waals surface area (Å²) in [6.07, 6.45) is 0. The van der Waals surface area contributed by atoms with Crippen LogP contribution in [0.5, 0.6) is 0 Å². The minimum Gasteiger partial charge on any atom is -0.339 e. The zero-order chi connectivity index (χ0) is 15.7. The Hall–Kier alpha value is -1.72. The van der Waals surface area contributed by atoms with E-state index in [0.29, 0.717) is 18.4 Å². The number of hydrogen-bond donors (Lipinski definition) is 1. The van der Waals surface area contributed by atoms with Crippen LogP contribution in [0.25, 0.3) is 0 Å². The fraction of sp³-hybridized carbons (Fsp3) is 0.529. The number of nitrogens with zero attached hydrogens (tertiary/aromatic N) is 3. The maximum atomic E-state index is 6.32. The fourth-order valence-corrected chi connectivity index (χ4v) is 2.92. The largest absolute Gasteiger partial charge is 0.339 e. The fourth-order valence-electron chi connectivity index (χ4n) is 2.92. The summed E-state index contributed by atoms with van der Waals surface area (Å²) in [7, 11) is 0. The third-order valence-corrected chi connectivity index (χ3v) is 4.14. The molecule has 1 aliphatic heterocycles. The minimum atomic E-state index is -0.112. The molecule has 0 unspecified atom stereocenters. The monoisotopic (exact) mass is 300 g/mol. The highest BCUT2D eigenvalue weighted by molar-refractivity contribution is 5.23. The smallest absolute Gasteiger partial charge is 0.232 e. The molecule has 22 heavy (non-hydrogen) atoms. The van der Waals surface area contributed by atoms with Gasteiger partial charge in [-0.05, 0) is 5.56 Å². The molecule has 0 aliphatic carbocycles. The predicted molar refractivity (Wildman–Crippen MR) is 85.4 cm³/mol. The van der Waals surface area contributed by atoms with Gasteiger partial charge in [-0.2, -0.15) is 4.98 Å². The van der Waals surface area contributed by atoms with Crippen LogP contribution in [0.3, 0.4) is 0 Å². The molecule has 3 rings (SSSR count). The third kappa shape index (κ3) is 3.20. The maximum absolute atomic E-state index is 6.32. The van der Waals surface area contributed by atoms with Crippen LogP contribution in [0.15, 0.2) is 34.9 Å². The average Bonchev–Trinajstić information content (AvgIpc) is 3.07. The number of hydrogen-bond acceptors (Lipinski definition) is 5. The Kier molecular flexibility index (Phi) is 4.02. The molecule has 0 saturated carbocycles. The van der Waals surface area contributed by atoms with E-state index in [-0.39, 0.29) is 11.5 Å². The lowest BCUT2D eigenvalue weighted by Crippen LogP contribution is -2.28. The Labute approximate surface area is 131 Å². The van der Waals surface area contributed by atoms with Crippen LogP contribution in [0.4, 0.5) is 0 Å². The molecular weight excluding hydrogens is 276 g/mol. The number of nitrogens with two attached hydrogens (primary N) is 1. The number of rotatable bonds is 3. The van der Waals surface area contributed by atoms with Crippen molar-refractivity contribution in [1.82, 2.24) is 15.0 Å². The van der Waals surface area contributed by atoms with Crippen molar-refractivity contribution in [1.29, 1.82) is 0 Å². The summed E-state index contributed by atoms with van der Waals surface area (Å²) in [5.41, 5.74) is 7.52. The van der Waals surface area contributed by atoms with Crippen molar-refractivity contribution in [2.45, 2.75) is 44.7 Å². The first-order valence-electron chi connectivity index (χ1n) is 7.79. The van der Waals surface area contributed by atoms with E-state index >= 15 is 0 Å². The molecule has 1 saturated heterocycles. The molecular formula is C17H24N4O. The van der Waals surface area contributed by atoms with Crippen molar-refractivity contribution < 1.29 is 4.52 Å². The van der Waals surface area contributed by atoms with Crippen LogP contribution in [-0.2, 0) is 12.0 Å². The Morgan fingerprint density at radius 2 is 1.95 bits per heavy atom. The minimum absolute atomic E-state index is 0.112. The van der Waals surface area contributed by atoms with Gasteiger partial charge in [0.15, 0.2) is 5.82 Å². The highest BCUT2D eigenvalue weighted by atomic mass is 16.5. The molecule has 5 nitrogen and oxygen atoms in total. The van der Waals surface area contributed by atoms with Gasteiger partial charge in [0, 0.05) is 30.5 Å². The zero-order valence-corrected chi connectivity index (χ0v) is 13.5. The quantitative estimate of drug-likeness (QED) is 0.942. The molecule has 0 spiro atoms. The zero-order valence-electron chi connectivity index (χ0n) is 13.5. The Morgan fingerprint density at radius 3 is 2.59 bits per heavy atom. The second kappa shape index (κ2) is 5.82. The van der Waals surface area contributed by atoms with E-state index in [1.54, 1.807) is 0 Å². The molecule has 2 atom stereocenters. The number of likely N-dealkylation sites (tertiary alicyclic amines) is 1. The summed E-state index contributed by atoms with van der Waals surface area (Å²) in [4.78, 5) is 6.81. The number of aromatic nitrogens is 2. The van der Waals surface area contributed by atoms with E-state index < -0.39 is 0 Å². The van der Waals surface area contributed by atoms with Crippen molar-refractivity contribution in [3.63, 3.8) is 0 Å². The van der Waals surface area contributed by atoms with Gasteiger partial charge in [-0.3, -0.25) is 4.90 Å². The lowest BCUT2D eigenvalue weighted by Gasteiger charge is -2.14. The SMILES string of the molecule is CC(C)(C)c1nc(CN2C[C@@H](N)[C@H](c3ccccc3)C2)no1. The van der Waals surface area contributed by atoms with Gasteiger partial charge in [-0.1, -0.05) is 56.3 Å². The lowest BCUT2D eigenvalue weighted by molar-refractivity contribution is 0.294. The van der Waals surface area contributed by atoms with Crippen LogP contribution in [0.1, 0.15) is 44.0 Å². The van der Waals surface area contributed by atoms with Crippen LogP contribution < -0.4 is 5.73 Å². The standard InChI is InChI=1S/C17H24N4O/c1-17(2,3)16-19-15(20-22-16)11-21-9-13(14(18)10-21)12-7-5-4-6-8-12/h4-8,13-14H,9-11,18H2,1-3H3/t13-,14+/m0/s1. The van der Waals surface area contributed by atoms with Crippen molar-refractivity contribution in [2.24, 2.45) is 5.73 Å². The van der Waals surface area contributed by atoms with E-state index in [1.807, 2.05) is 6.07 Å². The molecule has 5 heteroatoms. The van der Waals surface area contributed by atoms with Gasteiger partial charge in [0.1, 0.15) is 0 Å². The second-order valence-corrected chi connectivity index (χ2v) is 7.14. The van der Waals surface area contributed by atoms with Gasteiger partial charge in [0.25, 0.3) is 0 Å². The lowest BCUT2D eigenvalue weighted by atomic mass is 9.95. The highest BCUT2D eigenvalue weighted by Gasteiger charge is 2.32. The summed E-state index contributed by atoms with van der Waals surface area (Å²) >= 11 is 0. The summed E-state index contributed by atoms with van der Waals surface area (Å²) < 4.78 is 5.36. The molecule has 0 bridgehead atoms. The summed E-state index contributed by atoms with van der Waals surface area (Å²) in [6.45, 7) is 8.70. The normalized spacial score (nSPS) is 23.1. The Balaban J connectivity index is 1.66. The molecule has 0 radical (unpaired) electrons. The van der Waals surface area contributed by atoms with Crippen molar-refractivity contribution in [2.75, 3.05) is 13.1 Å². The van der Waals surface area contributed by atoms with E-state index in [4.69, 9.17) is 10.3 Å². The van der Waals surface area contributed by atoms with Crippen molar-refractivity contribution >= 4 is 0 Å². The predicted octanol–water partition coefficient (Wildman–Crippen LogP) is 2.29. The van der Waals surface area contributed by atoms with Gasteiger partial charge in [0.2, 0.25) is 5.89 Å². The van der Waals surface area contributed by atoms with Gasteiger partial charge in [-0.15, -0.1) is 0 Å². The van der Waals surface area contributed by atoms with Crippen molar-refractivity contribution in [3.8, 4) is 0 Å². The topological polar surface area (TPSA) is 68.2 Å². The Morgan fingerprint density at radius 1 is 1.23 bits per heavy atom. The molecule has 2 aromatic rings. The molecule has 118 valence electrons.